The van der Waals surface area contributed by atoms with Crippen LogP contribution in [-0.4, -0.2) is 47.8 Å². The minimum Gasteiger partial charge on any atom is -0.496 e. The first-order valence-corrected chi connectivity index (χ1v) is 10.5. The Hall–Kier alpha value is -2.90. The predicted molar refractivity (Wildman–Crippen MR) is 120 cm³/mol. The van der Waals surface area contributed by atoms with E-state index < -0.39 is 0 Å². The molecule has 0 radical (unpaired) electrons. The number of aryl methyl sites for hydroxylation is 1. The normalized spacial score (nSPS) is 23.7. The number of hydrogen-bond acceptors (Lipinski definition) is 6. The first-order chi connectivity index (χ1) is 14.8. The molecule has 0 saturated heterocycles. The second kappa shape index (κ2) is 6.80. The maximum Gasteiger partial charge on any atom is 0.259 e. The molecule has 3 aromatic rings. The van der Waals surface area contributed by atoms with Crippen molar-refractivity contribution >= 4 is 10.8 Å². The molecule has 2 N–H and O–H groups in total. The monoisotopic (exact) mass is 420 g/mol. The van der Waals surface area contributed by atoms with Crippen LogP contribution < -0.4 is 20.8 Å². The molecule has 1 aromatic carbocycles. The van der Waals surface area contributed by atoms with E-state index in [1.165, 1.54) is 0 Å². The minimum absolute atomic E-state index is 0.0699. The smallest absolute Gasteiger partial charge is 0.259 e. The molecule has 7 nitrogen and oxygen atoms in total. The lowest BCUT2D eigenvalue weighted by Crippen LogP contribution is -2.24. The molecule has 31 heavy (non-hydrogen) atoms. The lowest BCUT2D eigenvalue weighted by Gasteiger charge is -2.22. The lowest BCUT2D eigenvalue weighted by molar-refractivity contribution is 0.275. The molecule has 0 bridgehead atoms. The Kier molecular flexibility index (Phi) is 4.39. The van der Waals surface area contributed by atoms with Crippen molar-refractivity contribution in [1.29, 1.82) is 0 Å². The van der Waals surface area contributed by atoms with Gasteiger partial charge < -0.3 is 24.7 Å². The molecule has 0 amide bonds. The van der Waals surface area contributed by atoms with Crippen LogP contribution >= 0.6 is 0 Å². The highest BCUT2D eigenvalue weighted by Crippen LogP contribution is 2.77. The van der Waals surface area contributed by atoms with Crippen LogP contribution in [0, 0.1) is 5.41 Å². The molecular weight excluding hydrogens is 392 g/mol. The Labute approximate surface area is 181 Å². The summed E-state index contributed by atoms with van der Waals surface area (Å²) in [6.07, 6.45) is 7.44. The number of rotatable bonds is 7. The third kappa shape index (κ3) is 3.11. The molecule has 7 heteroatoms. The SMILES string of the molecule is COc1cc(-c2cn(C)c(=O)c3cnccc23)cc(OC)c1CN(C)CC12CC1(N)C2. The van der Waals surface area contributed by atoms with E-state index in [0.717, 1.165) is 53.0 Å². The van der Waals surface area contributed by atoms with E-state index in [1.807, 2.05) is 24.4 Å². The van der Waals surface area contributed by atoms with Crippen LogP contribution in [0.1, 0.15) is 18.4 Å². The molecule has 0 spiro atoms. The van der Waals surface area contributed by atoms with Gasteiger partial charge in [-0.2, -0.15) is 0 Å². The van der Waals surface area contributed by atoms with Gasteiger partial charge in [-0.15, -0.1) is 0 Å². The van der Waals surface area contributed by atoms with Gasteiger partial charge in [-0.1, -0.05) is 0 Å². The molecular formula is C24H28N4O3. The van der Waals surface area contributed by atoms with Crippen molar-refractivity contribution in [1.82, 2.24) is 14.5 Å². The Morgan fingerprint density at radius 2 is 1.84 bits per heavy atom. The highest BCUT2D eigenvalue weighted by atomic mass is 16.5. The zero-order valence-electron chi connectivity index (χ0n) is 18.4. The molecule has 5 rings (SSSR count). The van der Waals surface area contributed by atoms with Crippen molar-refractivity contribution in [2.45, 2.75) is 24.9 Å². The molecule has 2 aliphatic carbocycles. The average molecular weight is 421 g/mol. The highest BCUT2D eigenvalue weighted by molar-refractivity contribution is 5.95. The van der Waals surface area contributed by atoms with E-state index in [2.05, 4.69) is 16.9 Å². The number of pyridine rings is 2. The van der Waals surface area contributed by atoms with Gasteiger partial charge in [0.2, 0.25) is 0 Å². The van der Waals surface area contributed by atoms with Crippen LogP contribution in [0.5, 0.6) is 11.5 Å². The Balaban J connectivity index is 1.55. The van der Waals surface area contributed by atoms with Gasteiger partial charge in [0.1, 0.15) is 11.5 Å². The van der Waals surface area contributed by atoms with E-state index in [4.69, 9.17) is 15.2 Å². The molecule has 0 atom stereocenters. The molecule has 2 saturated carbocycles. The van der Waals surface area contributed by atoms with Crippen LogP contribution in [0.4, 0.5) is 0 Å². The van der Waals surface area contributed by atoms with Gasteiger partial charge in [0, 0.05) is 55.2 Å². The molecule has 2 aliphatic rings. The van der Waals surface area contributed by atoms with Crippen LogP contribution in [-0.2, 0) is 13.6 Å². The van der Waals surface area contributed by atoms with E-state index in [9.17, 15) is 4.79 Å². The fourth-order valence-corrected chi connectivity index (χ4v) is 5.02. The fourth-order valence-electron chi connectivity index (χ4n) is 5.02. The van der Waals surface area contributed by atoms with Gasteiger partial charge in [0.15, 0.2) is 0 Å². The van der Waals surface area contributed by atoms with Gasteiger partial charge in [0.05, 0.1) is 25.2 Å². The van der Waals surface area contributed by atoms with Gasteiger partial charge >= 0.3 is 0 Å². The summed E-state index contributed by atoms with van der Waals surface area (Å²) in [4.78, 5) is 19.0. The summed E-state index contributed by atoms with van der Waals surface area (Å²) in [7, 11) is 7.22. The molecule has 2 fully saturated rings. The zero-order chi connectivity index (χ0) is 22.0. The summed E-state index contributed by atoms with van der Waals surface area (Å²) >= 11 is 0. The molecule has 2 aromatic heterocycles. The minimum atomic E-state index is -0.0699. The first kappa shape index (κ1) is 20.0. The molecule has 162 valence electrons. The van der Waals surface area contributed by atoms with Crippen molar-refractivity contribution in [2.75, 3.05) is 27.8 Å². The maximum absolute atomic E-state index is 12.5. The second-order valence-electron chi connectivity index (χ2n) is 9.20. The van der Waals surface area contributed by atoms with E-state index in [1.54, 1.807) is 38.2 Å². The maximum atomic E-state index is 12.5. The summed E-state index contributed by atoms with van der Waals surface area (Å²) in [5.41, 5.74) is 9.49. The topological polar surface area (TPSA) is 82.6 Å². The summed E-state index contributed by atoms with van der Waals surface area (Å²) < 4.78 is 13.1. The van der Waals surface area contributed by atoms with Crippen LogP contribution in [0.3, 0.4) is 0 Å². The van der Waals surface area contributed by atoms with Gasteiger partial charge in [0.25, 0.3) is 5.56 Å². The number of methoxy groups -OCH3 is 2. The fraction of sp³-hybridized carbons (Fsp3) is 0.417. The average Bonchev–Trinajstić information content (AvgIpc) is 3.53. The third-order valence-corrected chi connectivity index (χ3v) is 7.02. The van der Waals surface area contributed by atoms with E-state index >= 15 is 0 Å². The number of nitrogens with two attached hydrogens (primary N) is 1. The summed E-state index contributed by atoms with van der Waals surface area (Å²) in [6, 6.07) is 5.91. The van der Waals surface area contributed by atoms with Crippen molar-refractivity contribution < 1.29 is 9.47 Å². The Morgan fingerprint density at radius 3 is 2.42 bits per heavy atom. The van der Waals surface area contributed by atoms with Crippen molar-refractivity contribution in [3.8, 4) is 22.6 Å². The van der Waals surface area contributed by atoms with Crippen molar-refractivity contribution in [3.05, 3.63) is 52.7 Å². The predicted octanol–water partition coefficient (Wildman–Crippen LogP) is 2.54. The largest absolute Gasteiger partial charge is 0.496 e. The Bertz CT molecular complexity index is 1220. The first-order valence-electron chi connectivity index (χ1n) is 10.5. The molecule has 0 unspecified atom stereocenters. The number of ether oxygens (including phenoxy) is 2. The number of hydrogen-bond donors (Lipinski definition) is 1. The van der Waals surface area contributed by atoms with Crippen LogP contribution in [0.2, 0.25) is 0 Å². The quantitative estimate of drug-likeness (QED) is 0.633. The highest BCUT2D eigenvalue weighted by Gasteiger charge is 2.80. The molecule has 0 aliphatic heterocycles. The summed E-state index contributed by atoms with van der Waals surface area (Å²) in [5, 5.41) is 1.44. The summed E-state index contributed by atoms with van der Waals surface area (Å²) in [6.45, 7) is 1.69. The summed E-state index contributed by atoms with van der Waals surface area (Å²) in [5.74, 6) is 1.53. The zero-order valence-corrected chi connectivity index (χ0v) is 18.4. The third-order valence-electron chi connectivity index (χ3n) is 7.02. The number of benzene rings is 1. The number of fused-ring (bicyclic) bond motifs is 2. The lowest BCUT2D eigenvalue weighted by atomic mass is 9.99. The van der Waals surface area contributed by atoms with Crippen molar-refractivity contribution in [3.63, 3.8) is 0 Å². The molecule has 2 heterocycles. The van der Waals surface area contributed by atoms with Gasteiger partial charge in [-0.05, 0) is 49.0 Å². The van der Waals surface area contributed by atoms with Crippen LogP contribution in [0.15, 0.2) is 41.6 Å². The van der Waals surface area contributed by atoms with Crippen molar-refractivity contribution in [2.24, 2.45) is 18.2 Å². The Morgan fingerprint density at radius 1 is 1.19 bits per heavy atom. The van der Waals surface area contributed by atoms with Crippen LogP contribution in [0.25, 0.3) is 21.9 Å². The van der Waals surface area contributed by atoms with Gasteiger partial charge in [-0.3, -0.25) is 9.78 Å². The number of nitrogens with zero attached hydrogens (tertiary/aromatic N) is 3. The van der Waals surface area contributed by atoms with E-state index in [0.29, 0.717) is 17.3 Å². The standard InChI is InChI=1S/C24H28N4O3/c1-27(14-23-12-24(23,25)13-23)10-19-20(30-3)7-15(8-21(19)31-4)18-11-28(2)22(29)17-9-26-6-5-16(17)18/h5-9,11H,10,12-14,25H2,1-4H3. The number of aromatic nitrogens is 2. The second-order valence-corrected chi connectivity index (χ2v) is 9.20. The van der Waals surface area contributed by atoms with E-state index in [-0.39, 0.29) is 11.1 Å². The van der Waals surface area contributed by atoms with Gasteiger partial charge in [-0.25, -0.2) is 0 Å².